The molecule has 2 aromatic carbocycles. The molecule has 6 nitrogen and oxygen atoms in total. The number of fused-ring (bicyclic) bond motifs is 1. The molecule has 144 valence electrons. The first kappa shape index (κ1) is 18.5. The highest BCUT2D eigenvalue weighted by Crippen LogP contribution is 2.32. The van der Waals surface area contributed by atoms with Crippen molar-refractivity contribution in [1.29, 1.82) is 0 Å². The molecule has 0 spiro atoms. The highest BCUT2D eigenvalue weighted by Gasteiger charge is 2.39. The lowest BCUT2D eigenvalue weighted by molar-refractivity contribution is 0.0696. The minimum atomic E-state index is -0.986. The molecular weight excluding hydrogens is 380 g/mol. The van der Waals surface area contributed by atoms with Crippen molar-refractivity contribution in [3.8, 4) is 0 Å². The Hall–Kier alpha value is -2.83. The van der Waals surface area contributed by atoms with E-state index in [1.54, 1.807) is 36.4 Å². The average molecular weight is 399 g/mol. The minimum Gasteiger partial charge on any atom is -0.478 e. The van der Waals surface area contributed by atoms with E-state index in [0.717, 1.165) is 16.5 Å². The van der Waals surface area contributed by atoms with Crippen molar-refractivity contribution in [3.63, 3.8) is 0 Å². The number of carbonyl (C=O) groups excluding carboxylic acids is 1. The number of aryl methyl sites for hydroxylation is 1. The summed E-state index contributed by atoms with van der Waals surface area (Å²) in [4.78, 5) is 24.2. The molecule has 0 saturated carbocycles. The molecule has 1 unspecified atom stereocenters. The molecule has 1 aliphatic rings. The number of rotatable bonds is 4. The van der Waals surface area contributed by atoms with Crippen LogP contribution in [0.5, 0.6) is 0 Å². The summed E-state index contributed by atoms with van der Waals surface area (Å²) in [6.45, 7) is 0.845. The molecule has 28 heavy (non-hydrogen) atoms. The molecule has 1 fully saturated rings. The quantitative estimate of drug-likeness (QED) is 0.704. The van der Waals surface area contributed by atoms with Crippen molar-refractivity contribution in [2.45, 2.75) is 12.0 Å². The van der Waals surface area contributed by atoms with E-state index in [0.29, 0.717) is 30.4 Å². The van der Waals surface area contributed by atoms with Gasteiger partial charge in [-0.15, -0.1) is 0 Å². The van der Waals surface area contributed by atoms with Gasteiger partial charge < -0.3 is 19.7 Å². The fourth-order valence-corrected chi connectivity index (χ4v) is 3.94. The Balaban J connectivity index is 1.69. The Bertz CT molecular complexity index is 1070. The summed E-state index contributed by atoms with van der Waals surface area (Å²) in [5.74, 6) is -1.22. The number of carboxylic acids is 1. The summed E-state index contributed by atoms with van der Waals surface area (Å²) >= 11 is 6.27. The maximum atomic E-state index is 13.1. The van der Waals surface area contributed by atoms with Gasteiger partial charge in [-0.1, -0.05) is 29.8 Å². The van der Waals surface area contributed by atoms with Gasteiger partial charge in [-0.05, 0) is 35.9 Å². The van der Waals surface area contributed by atoms with Gasteiger partial charge in [0.1, 0.15) is 5.69 Å². The Morgan fingerprint density at radius 3 is 2.57 bits per heavy atom. The number of nitrogens with zero attached hydrogens (tertiary/aromatic N) is 1. The van der Waals surface area contributed by atoms with E-state index in [1.807, 2.05) is 23.7 Å². The highest BCUT2D eigenvalue weighted by atomic mass is 35.5. The molecule has 0 radical (unpaired) electrons. The van der Waals surface area contributed by atoms with Crippen LogP contribution >= 0.6 is 11.6 Å². The molecule has 1 atom stereocenters. The lowest BCUT2D eigenvalue weighted by Crippen LogP contribution is -2.47. The van der Waals surface area contributed by atoms with Crippen LogP contribution in [0.4, 0.5) is 0 Å². The normalized spacial score (nSPS) is 19.1. The van der Waals surface area contributed by atoms with Gasteiger partial charge in [-0.25, -0.2) is 4.79 Å². The van der Waals surface area contributed by atoms with Crippen LogP contribution in [0.25, 0.3) is 10.9 Å². The predicted molar refractivity (Wildman–Crippen MR) is 106 cm³/mol. The molecule has 1 amide bonds. The number of hydrogen-bond acceptors (Lipinski definition) is 3. The lowest BCUT2D eigenvalue weighted by Gasteiger charge is -2.29. The summed E-state index contributed by atoms with van der Waals surface area (Å²) in [6.07, 6.45) is 0.607. The fourth-order valence-electron chi connectivity index (χ4n) is 3.72. The molecule has 2 heterocycles. The monoisotopic (exact) mass is 398 g/mol. The smallest absolute Gasteiger partial charge is 0.335 e. The van der Waals surface area contributed by atoms with E-state index >= 15 is 0 Å². The molecule has 2 N–H and O–H groups in total. The van der Waals surface area contributed by atoms with E-state index in [-0.39, 0.29) is 11.5 Å². The van der Waals surface area contributed by atoms with Gasteiger partial charge in [0.15, 0.2) is 0 Å². The van der Waals surface area contributed by atoms with Gasteiger partial charge in [-0.3, -0.25) is 4.79 Å². The number of carbonyl (C=O) groups is 2. The van der Waals surface area contributed by atoms with Crippen molar-refractivity contribution in [2.24, 2.45) is 7.05 Å². The number of nitrogens with one attached hydrogen (secondary N) is 1. The number of halogens is 1. The van der Waals surface area contributed by atoms with Gasteiger partial charge in [-0.2, -0.15) is 0 Å². The first-order valence-corrected chi connectivity index (χ1v) is 9.27. The Labute approximate surface area is 166 Å². The lowest BCUT2D eigenvalue weighted by atomic mass is 9.88. The predicted octanol–water partition coefficient (Wildman–Crippen LogP) is 3.58. The number of carboxylic acid groups (broad SMARTS) is 1. The van der Waals surface area contributed by atoms with Crippen molar-refractivity contribution in [3.05, 3.63) is 70.4 Å². The first-order valence-electron chi connectivity index (χ1n) is 8.89. The highest BCUT2D eigenvalue weighted by molar-refractivity contribution is 6.35. The van der Waals surface area contributed by atoms with Crippen LogP contribution in [0.1, 0.15) is 32.8 Å². The second-order valence-electron chi connectivity index (χ2n) is 6.98. The van der Waals surface area contributed by atoms with Gasteiger partial charge in [0.05, 0.1) is 17.7 Å². The molecule has 1 saturated heterocycles. The third-order valence-corrected chi connectivity index (χ3v) is 5.65. The average Bonchev–Trinajstić information content (AvgIpc) is 3.28. The molecule has 3 aromatic rings. The van der Waals surface area contributed by atoms with E-state index in [9.17, 15) is 9.59 Å². The van der Waals surface area contributed by atoms with E-state index in [1.165, 1.54) is 0 Å². The number of aromatic carboxylic acids is 1. The summed E-state index contributed by atoms with van der Waals surface area (Å²) in [5, 5.41) is 13.6. The maximum Gasteiger partial charge on any atom is 0.335 e. The van der Waals surface area contributed by atoms with Crippen molar-refractivity contribution >= 4 is 34.4 Å². The molecule has 1 aliphatic heterocycles. The molecule has 0 aliphatic carbocycles. The van der Waals surface area contributed by atoms with Gasteiger partial charge in [0.2, 0.25) is 0 Å². The standard InChI is InChI=1S/C21H19ClN2O4/c1-24-17-4-2-3-16(22)15(17)11-18(24)19(25)23-21(9-10-28-12-21)14-7-5-13(6-8-14)20(26)27/h2-8,11H,9-10,12H2,1H3,(H,23,25)(H,26,27). The van der Waals surface area contributed by atoms with Crippen LogP contribution in [0.3, 0.4) is 0 Å². The largest absolute Gasteiger partial charge is 0.478 e. The Morgan fingerprint density at radius 1 is 1.21 bits per heavy atom. The zero-order chi connectivity index (χ0) is 19.9. The van der Waals surface area contributed by atoms with Crippen LogP contribution in [0.15, 0.2) is 48.5 Å². The van der Waals surface area contributed by atoms with Crippen LogP contribution in [0.2, 0.25) is 5.02 Å². The molecular formula is C21H19ClN2O4. The van der Waals surface area contributed by atoms with E-state index in [4.69, 9.17) is 21.4 Å². The van der Waals surface area contributed by atoms with E-state index in [2.05, 4.69) is 5.32 Å². The number of hydrogen-bond donors (Lipinski definition) is 2. The zero-order valence-corrected chi connectivity index (χ0v) is 16.0. The number of aromatic nitrogens is 1. The van der Waals surface area contributed by atoms with E-state index < -0.39 is 11.5 Å². The maximum absolute atomic E-state index is 13.1. The molecule has 1 aromatic heterocycles. The van der Waals surface area contributed by atoms with Crippen LogP contribution in [0, 0.1) is 0 Å². The number of ether oxygens (including phenoxy) is 1. The number of amides is 1. The summed E-state index contributed by atoms with van der Waals surface area (Å²) < 4.78 is 7.39. The molecule has 4 rings (SSSR count). The third kappa shape index (κ3) is 3.04. The van der Waals surface area contributed by atoms with Crippen LogP contribution in [-0.4, -0.2) is 34.8 Å². The van der Waals surface area contributed by atoms with Crippen molar-refractivity contribution in [1.82, 2.24) is 9.88 Å². The summed E-state index contributed by atoms with van der Waals surface area (Å²) in [5.41, 5.74) is 1.69. The van der Waals surface area contributed by atoms with Crippen molar-refractivity contribution in [2.75, 3.05) is 13.2 Å². The van der Waals surface area contributed by atoms with Crippen LogP contribution < -0.4 is 5.32 Å². The molecule has 7 heteroatoms. The first-order chi connectivity index (χ1) is 13.4. The Morgan fingerprint density at radius 2 is 1.96 bits per heavy atom. The Kier molecular flexibility index (Phi) is 4.61. The van der Waals surface area contributed by atoms with Gasteiger partial charge >= 0.3 is 5.97 Å². The van der Waals surface area contributed by atoms with Gasteiger partial charge in [0.25, 0.3) is 5.91 Å². The molecule has 0 bridgehead atoms. The van der Waals surface area contributed by atoms with Crippen LogP contribution in [-0.2, 0) is 17.3 Å². The SMILES string of the molecule is Cn1c(C(=O)NC2(c3ccc(C(=O)O)cc3)CCOC2)cc2c(Cl)cccc21. The topological polar surface area (TPSA) is 80.6 Å². The summed E-state index contributed by atoms with van der Waals surface area (Å²) in [6, 6.07) is 13.9. The second kappa shape index (κ2) is 6.96. The minimum absolute atomic E-state index is 0.201. The van der Waals surface area contributed by atoms with Gasteiger partial charge in [0, 0.05) is 36.0 Å². The fraction of sp³-hybridized carbons (Fsp3) is 0.238. The van der Waals surface area contributed by atoms with Crippen molar-refractivity contribution < 1.29 is 19.4 Å². The zero-order valence-electron chi connectivity index (χ0n) is 15.2. The summed E-state index contributed by atoms with van der Waals surface area (Å²) in [7, 11) is 1.83. The number of benzene rings is 2. The third-order valence-electron chi connectivity index (χ3n) is 5.33. The second-order valence-corrected chi connectivity index (χ2v) is 7.39.